The summed E-state index contributed by atoms with van der Waals surface area (Å²) in [5, 5.41) is 0.624. The smallest absolute Gasteiger partial charge is 0.254 e. The van der Waals surface area contributed by atoms with Crippen LogP contribution in [0.1, 0.15) is 43.5 Å². The zero-order valence-electron chi connectivity index (χ0n) is 11.0. The van der Waals surface area contributed by atoms with Crippen molar-refractivity contribution in [2.45, 2.75) is 39.2 Å². The summed E-state index contributed by atoms with van der Waals surface area (Å²) in [5.74, 6) is 0.629. The highest BCUT2D eigenvalue weighted by Crippen LogP contribution is 2.25. The largest absolute Gasteiger partial charge is 0.335 e. The molecule has 1 unspecified atom stereocenters. The molecule has 1 atom stereocenters. The molecule has 1 aliphatic heterocycles. The Kier molecular flexibility index (Phi) is 4.28. The summed E-state index contributed by atoms with van der Waals surface area (Å²) in [6.07, 6.45) is 3.45. The van der Waals surface area contributed by atoms with Crippen molar-refractivity contribution >= 4 is 17.5 Å². The highest BCUT2D eigenvalue weighted by atomic mass is 35.5. The summed E-state index contributed by atoms with van der Waals surface area (Å²) in [7, 11) is 0. The third-order valence-electron chi connectivity index (χ3n) is 3.65. The van der Waals surface area contributed by atoms with E-state index < -0.39 is 0 Å². The monoisotopic (exact) mass is 265 g/mol. The molecule has 1 aliphatic rings. The summed E-state index contributed by atoms with van der Waals surface area (Å²) in [6, 6.07) is 7.61. The molecule has 18 heavy (non-hydrogen) atoms. The second-order valence-electron chi connectivity index (χ2n) is 5.32. The average Bonchev–Trinajstić information content (AvgIpc) is 2.38. The Morgan fingerprint density at radius 3 is 2.83 bits per heavy atom. The van der Waals surface area contributed by atoms with Crippen molar-refractivity contribution in [1.29, 1.82) is 0 Å². The Bertz CT molecular complexity index is 430. The number of likely N-dealkylation sites (tertiary alicyclic amines) is 1. The maximum absolute atomic E-state index is 12.5. The lowest BCUT2D eigenvalue weighted by Crippen LogP contribution is -2.46. The van der Waals surface area contributed by atoms with E-state index in [1.54, 1.807) is 12.1 Å². The number of halogens is 1. The number of carbonyl (C=O) groups is 1. The van der Waals surface area contributed by atoms with Crippen LogP contribution in [-0.4, -0.2) is 23.4 Å². The van der Waals surface area contributed by atoms with E-state index in [2.05, 4.69) is 13.8 Å². The highest BCUT2D eigenvalue weighted by Gasteiger charge is 2.29. The summed E-state index contributed by atoms with van der Waals surface area (Å²) in [5.41, 5.74) is 0.704. The molecule has 0 N–H and O–H groups in total. The maximum atomic E-state index is 12.5. The van der Waals surface area contributed by atoms with Gasteiger partial charge in [0.1, 0.15) is 0 Å². The summed E-state index contributed by atoms with van der Waals surface area (Å²) in [4.78, 5) is 14.6. The lowest BCUT2D eigenvalue weighted by atomic mass is 9.92. The molecule has 0 spiro atoms. The molecule has 0 aromatic heterocycles. The van der Waals surface area contributed by atoms with Crippen molar-refractivity contribution in [1.82, 2.24) is 4.90 Å². The number of amides is 1. The second kappa shape index (κ2) is 5.75. The van der Waals surface area contributed by atoms with Gasteiger partial charge in [0.15, 0.2) is 0 Å². The van der Waals surface area contributed by atoms with Gasteiger partial charge in [0.05, 0.1) is 0 Å². The molecule has 1 aromatic rings. The van der Waals surface area contributed by atoms with Crippen molar-refractivity contribution in [3.8, 4) is 0 Å². The number of benzene rings is 1. The van der Waals surface area contributed by atoms with Crippen molar-refractivity contribution in [2.75, 3.05) is 6.54 Å². The van der Waals surface area contributed by atoms with E-state index >= 15 is 0 Å². The predicted molar refractivity (Wildman–Crippen MR) is 75.0 cm³/mol. The van der Waals surface area contributed by atoms with Crippen LogP contribution in [0.3, 0.4) is 0 Å². The van der Waals surface area contributed by atoms with Gasteiger partial charge in [-0.25, -0.2) is 0 Å². The first-order valence-electron chi connectivity index (χ1n) is 6.66. The standard InChI is InChI=1S/C15H20ClNO/c1-11(2)14-8-3-4-9-17(14)15(18)12-6-5-7-13(16)10-12/h5-7,10-11,14H,3-4,8-9H2,1-2H3. The first kappa shape index (κ1) is 13.4. The van der Waals surface area contributed by atoms with E-state index in [1.807, 2.05) is 17.0 Å². The van der Waals surface area contributed by atoms with Gasteiger partial charge in [-0.05, 0) is 43.4 Å². The van der Waals surface area contributed by atoms with E-state index in [0.717, 1.165) is 19.4 Å². The summed E-state index contributed by atoms with van der Waals surface area (Å²) < 4.78 is 0. The second-order valence-corrected chi connectivity index (χ2v) is 5.75. The number of hydrogen-bond donors (Lipinski definition) is 0. The predicted octanol–water partition coefficient (Wildman–Crippen LogP) is 3.99. The zero-order chi connectivity index (χ0) is 13.1. The lowest BCUT2D eigenvalue weighted by Gasteiger charge is -2.38. The van der Waals surface area contributed by atoms with Crippen LogP contribution >= 0.6 is 11.6 Å². The number of nitrogens with zero attached hydrogens (tertiary/aromatic N) is 1. The maximum Gasteiger partial charge on any atom is 0.254 e. The van der Waals surface area contributed by atoms with Gasteiger partial charge in [0.25, 0.3) is 5.91 Å². The van der Waals surface area contributed by atoms with Crippen molar-refractivity contribution < 1.29 is 4.79 Å². The molecule has 3 heteroatoms. The first-order valence-corrected chi connectivity index (χ1v) is 7.04. The van der Waals surface area contributed by atoms with Gasteiger partial charge in [-0.15, -0.1) is 0 Å². The minimum Gasteiger partial charge on any atom is -0.335 e. The van der Waals surface area contributed by atoms with Crippen LogP contribution in [0.25, 0.3) is 0 Å². The normalized spacial score (nSPS) is 20.2. The number of piperidine rings is 1. The molecule has 1 aromatic carbocycles. The highest BCUT2D eigenvalue weighted by molar-refractivity contribution is 6.30. The molecule has 2 nitrogen and oxygen atoms in total. The van der Waals surface area contributed by atoms with Gasteiger partial charge in [-0.2, -0.15) is 0 Å². The van der Waals surface area contributed by atoms with Crippen molar-refractivity contribution in [3.63, 3.8) is 0 Å². The molecule has 2 rings (SSSR count). The van der Waals surface area contributed by atoms with Crippen LogP contribution in [0.15, 0.2) is 24.3 Å². The molecule has 1 fully saturated rings. The van der Waals surface area contributed by atoms with E-state index in [9.17, 15) is 4.79 Å². The lowest BCUT2D eigenvalue weighted by molar-refractivity contribution is 0.0543. The van der Waals surface area contributed by atoms with Gasteiger partial charge in [0, 0.05) is 23.2 Å². The Morgan fingerprint density at radius 2 is 2.17 bits per heavy atom. The van der Waals surface area contributed by atoms with Gasteiger partial charge in [0.2, 0.25) is 0 Å². The van der Waals surface area contributed by atoms with E-state index in [1.165, 1.54) is 6.42 Å². The topological polar surface area (TPSA) is 20.3 Å². The fourth-order valence-corrected chi connectivity index (χ4v) is 2.88. The Morgan fingerprint density at radius 1 is 1.39 bits per heavy atom. The van der Waals surface area contributed by atoms with Gasteiger partial charge >= 0.3 is 0 Å². The van der Waals surface area contributed by atoms with Crippen molar-refractivity contribution in [3.05, 3.63) is 34.9 Å². The average molecular weight is 266 g/mol. The van der Waals surface area contributed by atoms with E-state index in [4.69, 9.17) is 11.6 Å². The number of rotatable bonds is 2. The quantitative estimate of drug-likeness (QED) is 0.792. The minimum absolute atomic E-state index is 0.121. The fourth-order valence-electron chi connectivity index (χ4n) is 2.69. The van der Waals surface area contributed by atoms with Crippen LogP contribution in [0.5, 0.6) is 0 Å². The molecule has 0 aliphatic carbocycles. The Hall–Kier alpha value is -1.02. The fraction of sp³-hybridized carbons (Fsp3) is 0.533. The van der Waals surface area contributed by atoms with Crippen LogP contribution in [0.4, 0.5) is 0 Å². The van der Waals surface area contributed by atoms with Crippen LogP contribution < -0.4 is 0 Å². The number of carbonyl (C=O) groups excluding carboxylic acids is 1. The molecule has 1 amide bonds. The Labute approximate surface area is 114 Å². The molecule has 98 valence electrons. The van der Waals surface area contributed by atoms with Crippen LogP contribution in [-0.2, 0) is 0 Å². The molecular weight excluding hydrogens is 246 g/mol. The number of hydrogen-bond acceptors (Lipinski definition) is 1. The zero-order valence-corrected chi connectivity index (χ0v) is 11.8. The Balaban J connectivity index is 2.21. The summed E-state index contributed by atoms with van der Waals surface area (Å²) in [6.45, 7) is 5.25. The third kappa shape index (κ3) is 2.86. The summed E-state index contributed by atoms with van der Waals surface area (Å²) >= 11 is 5.96. The van der Waals surface area contributed by atoms with E-state index in [0.29, 0.717) is 22.5 Å². The molecule has 0 bridgehead atoms. The van der Waals surface area contributed by atoms with Crippen LogP contribution in [0, 0.1) is 5.92 Å². The van der Waals surface area contributed by atoms with Gasteiger partial charge < -0.3 is 4.90 Å². The SMILES string of the molecule is CC(C)C1CCCCN1C(=O)c1cccc(Cl)c1. The first-order chi connectivity index (χ1) is 8.59. The van der Waals surface area contributed by atoms with Crippen LogP contribution in [0.2, 0.25) is 5.02 Å². The van der Waals surface area contributed by atoms with Gasteiger partial charge in [-0.1, -0.05) is 31.5 Å². The van der Waals surface area contributed by atoms with Crippen molar-refractivity contribution in [2.24, 2.45) is 5.92 Å². The molecule has 0 radical (unpaired) electrons. The van der Waals surface area contributed by atoms with Gasteiger partial charge in [-0.3, -0.25) is 4.79 Å². The molecule has 1 heterocycles. The molecule has 0 saturated carbocycles. The molecule has 1 saturated heterocycles. The minimum atomic E-state index is 0.121. The molecular formula is C15H20ClNO. The van der Waals surface area contributed by atoms with E-state index in [-0.39, 0.29) is 5.91 Å². The third-order valence-corrected chi connectivity index (χ3v) is 3.89.